The molecule has 0 fully saturated rings. The Morgan fingerprint density at radius 2 is 1.55 bits per heavy atom. The van der Waals surface area contributed by atoms with Gasteiger partial charge >= 0.3 is 0 Å². The molecule has 0 aliphatic rings. The van der Waals surface area contributed by atoms with E-state index in [1.54, 1.807) is 24.3 Å². The third-order valence-corrected chi connectivity index (χ3v) is 3.89. The monoisotopic (exact) mass is 402 g/mol. The van der Waals surface area contributed by atoms with Crippen molar-refractivity contribution in [1.82, 2.24) is 10.9 Å². The third-order valence-electron chi connectivity index (χ3n) is 3.89. The molecule has 0 heterocycles. The van der Waals surface area contributed by atoms with Crippen molar-refractivity contribution >= 4 is 17.6 Å². The first kappa shape index (κ1) is 21.9. The van der Waals surface area contributed by atoms with E-state index in [0.717, 1.165) is 0 Å². The van der Waals surface area contributed by atoms with E-state index < -0.39 is 23.7 Å². The molecule has 0 saturated carbocycles. The molecule has 154 valence electrons. The molecule has 1 atom stereocenters. The van der Waals surface area contributed by atoms with E-state index in [0.29, 0.717) is 23.7 Å². The number of ether oxygens (including phenoxy) is 2. The second-order valence-electron chi connectivity index (χ2n) is 6.13. The molecule has 8 heteroatoms. The Bertz CT molecular complexity index is 837. The first-order chi connectivity index (χ1) is 13.9. The van der Waals surface area contributed by atoms with Crippen LogP contribution in [-0.4, -0.2) is 30.3 Å². The second kappa shape index (κ2) is 10.8. The van der Waals surface area contributed by atoms with Gasteiger partial charge in [0, 0.05) is 18.4 Å². The van der Waals surface area contributed by atoms with Crippen molar-refractivity contribution in [2.45, 2.75) is 32.8 Å². The van der Waals surface area contributed by atoms with E-state index >= 15 is 0 Å². The largest absolute Gasteiger partial charge is 0.494 e. The van der Waals surface area contributed by atoms with E-state index in [1.165, 1.54) is 31.2 Å². The highest BCUT2D eigenvalue weighted by Gasteiger charge is 2.16. The number of hydrazine groups is 1. The quantitative estimate of drug-likeness (QED) is 0.497. The molecule has 2 aromatic carbocycles. The number of hydrogen-bond acceptors (Lipinski definition) is 5. The van der Waals surface area contributed by atoms with Gasteiger partial charge in [0.05, 0.1) is 6.61 Å². The molecule has 0 saturated heterocycles. The number of ketones is 1. The van der Waals surface area contributed by atoms with Crippen molar-refractivity contribution in [1.29, 1.82) is 0 Å². The molecular formula is C21H23FN2O5. The van der Waals surface area contributed by atoms with Crippen LogP contribution >= 0.6 is 0 Å². The number of nitrogens with one attached hydrogen (secondary N) is 2. The van der Waals surface area contributed by atoms with Gasteiger partial charge < -0.3 is 9.47 Å². The zero-order chi connectivity index (χ0) is 21.2. The van der Waals surface area contributed by atoms with Crippen LogP contribution in [0.1, 0.15) is 37.0 Å². The predicted octanol–water partition coefficient (Wildman–Crippen LogP) is 2.80. The zero-order valence-corrected chi connectivity index (χ0v) is 16.2. The molecule has 0 aliphatic heterocycles. The molecule has 2 N–H and O–H groups in total. The summed E-state index contributed by atoms with van der Waals surface area (Å²) in [6.45, 7) is 3.89. The van der Waals surface area contributed by atoms with Crippen molar-refractivity contribution in [3.63, 3.8) is 0 Å². The number of carbonyl (C=O) groups is 3. The van der Waals surface area contributed by atoms with Crippen molar-refractivity contribution in [3.05, 3.63) is 59.9 Å². The first-order valence-electron chi connectivity index (χ1n) is 9.16. The van der Waals surface area contributed by atoms with Crippen LogP contribution < -0.4 is 20.3 Å². The van der Waals surface area contributed by atoms with E-state index in [4.69, 9.17) is 9.47 Å². The Morgan fingerprint density at radius 3 is 2.17 bits per heavy atom. The summed E-state index contributed by atoms with van der Waals surface area (Å²) in [6.07, 6.45) is -0.997. The second-order valence-corrected chi connectivity index (χ2v) is 6.13. The van der Waals surface area contributed by atoms with Crippen molar-refractivity contribution < 1.29 is 28.2 Å². The lowest BCUT2D eigenvalue weighted by Crippen LogP contribution is -2.47. The van der Waals surface area contributed by atoms with Gasteiger partial charge in [-0.05, 0) is 62.4 Å². The number of hydrogen-bond donors (Lipinski definition) is 2. The minimum Gasteiger partial charge on any atom is -0.494 e. The normalized spacial score (nSPS) is 11.3. The average Bonchev–Trinajstić information content (AvgIpc) is 2.72. The Morgan fingerprint density at radius 1 is 0.931 bits per heavy atom. The van der Waals surface area contributed by atoms with Crippen LogP contribution in [0.2, 0.25) is 0 Å². The van der Waals surface area contributed by atoms with Crippen molar-refractivity contribution in [3.8, 4) is 11.5 Å². The van der Waals surface area contributed by atoms with Crippen LogP contribution in [-0.2, 0) is 9.59 Å². The van der Waals surface area contributed by atoms with Crippen LogP contribution in [0.3, 0.4) is 0 Å². The predicted molar refractivity (Wildman–Crippen MR) is 104 cm³/mol. The minimum atomic E-state index is -0.911. The third kappa shape index (κ3) is 7.25. The molecule has 7 nitrogen and oxygen atoms in total. The van der Waals surface area contributed by atoms with Gasteiger partial charge in [0.2, 0.25) is 5.91 Å². The Kier molecular flexibility index (Phi) is 8.14. The number of benzene rings is 2. The highest BCUT2D eigenvalue weighted by atomic mass is 19.1. The Labute approximate surface area is 168 Å². The van der Waals surface area contributed by atoms with E-state index in [-0.39, 0.29) is 18.6 Å². The molecule has 0 spiro atoms. The summed E-state index contributed by atoms with van der Waals surface area (Å²) in [5, 5.41) is 0. The van der Waals surface area contributed by atoms with E-state index in [1.807, 2.05) is 6.92 Å². The summed E-state index contributed by atoms with van der Waals surface area (Å²) in [5.41, 5.74) is 4.95. The lowest BCUT2D eigenvalue weighted by atomic mass is 10.1. The van der Waals surface area contributed by atoms with E-state index in [2.05, 4.69) is 10.9 Å². The van der Waals surface area contributed by atoms with Crippen LogP contribution in [0.4, 0.5) is 4.39 Å². The molecule has 2 aromatic rings. The summed E-state index contributed by atoms with van der Waals surface area (Å²) < 4.78 is 23.5. The Hall–Kier alpha value is -3.42. The molecular weight excluding hydrogens is 379 g/mol. The average molecular weight is 402 g/mol. The molecule has 0 aliphatic carbocycles. The van der Waals surface area contributed by atoms with Gasteiger partial charge in [0.1, 0.15) is 17.3 Å². The van der Waals surface area contributed by atoms with Crippen LogP contribution in [0.25, 0.3) is 0 Å². The topological polar surface area (TPSA) is 93.7 Å². The fraction of sp³-hybridized carbons (Fsp3) is 0.286. The number of halogens is 1. The van der Waals surface area contributed by atoms with Gasteiger partial charge in [0.25, 0.3) is 5.91 Å². The number of Topliss-reactive ketones (excluding diaryl/α,β-unsaturated/α-hetero) is 1. The van der Waals surface area contributed by atoms with Crippen LogP contribution in [0, 0.1) is 5.82 Å². The van der Waals surface area contributed by atoms with Crippen LogP contribution in [0.15, 0.2) is 48.5 Å². The smallest absolute Gasteiger partial charge is 0.279 e. The maximum absolute atomic E-state index is 12.9. The highest BCUT2D eigenvalue weighted by Crippen LogP contribution is 2.14. The van der Waals surface area contributed by atoms with Gasteiger partial charge in [-0.1, -0.05) is 0 Å². The molecule has 0 unspecified atom stereocenters. The maximum atomic E-state index is 12.9. The van der Waals surface area contributed by atoms with Crippen LogP contribution in [0.5, 0.6) is 11.5 Å². The minimum absolute atomic E-state index is 0.00266. The van der Waals surface area contributed by atoms with Gasteiger partial charge in [-0.3, -0.25) is 25.2 Å². The van der Waals surface area contributed by atoms with Gasteiger partial charge in [-0.15, -0.1) is 0 Å². The molecule has 0 bridgehead atoms. The molecule has 0 aromatic heterocycles. The highest BCUT2D eigenvalue weighted by molar-refractivity contribution is 5.98. The van der Waals surface area contributed by atoms with E-state index in [9.17, 15) is 18.8 Å². The first-order valence-corrected chi connectivity index (χ1v) is 9.16. The maximum Gasteiger partial charge on any atom is 0.279 e. The number of carbonyl (C=O) groups excluding carboxylic acids is 3. The van der Waals surface area contributed by atoms with Gasteiger partial charge in [-0.25, -0.2) is 4.39 Å². The summed E-state index contributed by atoms with van der Waals surface area (Å²) in [4.78, 5) is 36.0. The number of rotatable bonds is 9. The molecule has 2 rings (SSSR count). The fourth-order valence-corrected chi connectivity index (χ4v) is 2.34. The van der Waals surface area contributed by atoms with Gasteiger partial charge in [-0.2, -0.15) is 0 Å². The van der Waals surface area contributed by atoms with Gasteiger partial charge in [0.15, 0.2) is 11.9 Å². The Balaban J connectivity index is 1.72. The summed E-state index contributed by atoms with van der Waals surface area (Å²) in [5.74, 6) is -0.709. The zero-order valence-electron chi connectivity index (χ0n) is 16.2. The van der Waals surface area contributed by atoms with Crippen molar-refractivity contribution in [2.75, 3.05) is 6.61 Å². The standard InChI is InChI=1S/C21H23FN2O5/c1-3-28-17-8-4-15(5-9-17)19(25)12-13-20(26)23-24-21(27)14(2)29-18-10-6-16(22)7-11-18/h4-11,14H,3,12-13H2,1-2H3,(H,23,26)(H,24,27)/t14-/m1/s1. The molecule has 0 radical (unpaired) electrons. The summed E-state index contributed by atoms with van der Waals surface area (Å²) >= 11 is 0. The van der Waals surface area contributed by atoms with Crippen molar-refractivity contribution in [2.24, 2.45) is 0 Å². The SMILES string of the molecule is CCOc1ccc(C(=O)CCC(=O)NNC(=O)[C@@H](C)Oc2ccc(F)cc2)cc1. The fourth-order valence-electron chi connectivity index (χ4n) is 2.34. The molecule has 2 amide bonds. The molecule has 29 heavy (non-hydrogen) atoms. The summed E-state index contributed by atoms with van der Waals surface area (Å²) in [7, 11) is 0. The number of amides is 2. The summed E-state index contributed by atoms with van der Waals surface area (Å²) in [6, 6.07) is 11.9. The lowest BCUT2D eigenvalue weighted by molar-refractivity contribution is -0.132. The lowest BCUT2D eigenvalue weighted by Gasteiger charge is -2.15.